The van der Waals surface area contributed by atoms with Crippen LogP contribution in [0.15, 0.2) is 11.1 Å². The van der Waals surface area contributed by atoms with Crippen molar-refractivity contribution in [2.24, 2.45) is 5.73 Å². The average Bonchev–Trinajstić information content (AvgIpc) is 1.98. The van der Waals surface area contributed by atoms with Crippen LogP contribution in [0.4, 0.5) is 0 Å². The van der Waals surface area contributed by atoms with E-state index in [1.165, 1.54) is 5.70 Å². The molecule has 46 valence electrons. The van der Waals surface area contributed by atoms with Gasteiger partial charge in [-0.3, -0.25) is 0 Å². The molecule has 0 aromatic rings. The number of rotatable bonds is 0. The van der Waals surface area contributed by atoms with Crippen molar-refractivity contribution in [3.8, 4) is 0 Å². The van der Waals surface area contributed by atoms with Crippen LogP contribution in [0.3, 0.4) is 0 Å². The minimum absolute atomic E-state index is 0.148. The first-order chi connectivity index (χ1) is 3.72. The SMILES string of the molecule is CC1=CSC(N)N1C. The van der Waals surface area contributed by atoms with Crippen molar-refractivity contribution >= 4 is 11.8 Å². The first-order valence-corrected chi connectivity index (χ1v) is 3.47. The van der Waals surface area contributed by atoms with Crippen LogP contribution in [-0.2, 0) is 0 Å². The van der Waals surface area contributed by atoms with Gasteiger partial charge in [-0.25, -0.2) is 0 Å². The molecule has 8 heavy (non-hydrogen) atoms. The van der Waals surface area contributed by atoms with Gasteiger partial charge in [-0.05, 0) is 12.3 Å². The van der Waals surface area contributed by atoms with Gasteiger partial charge in [-0.2, -0.15) is 0 Å². The lowest BCUT2D eigenvalue weighted by Gasteiger charge is -2.17. The van der Waals surface area contributed by atoms with Gasteiger partial charge in [0.05, 0.1) is 0 Å². The van der Waals surface area contributed by atoms with Gasteiger partial charge in [0.1, 0.15) is 5.50 Å². The Morgan fingerprint density at radius 3 is 2.62 bits per heavy atom. The number of hydrogen-bond donors (Lipinski definition) is 1. The molecule has 1 aliphatic heterocycles. The molecule has 2 N–H and O–H groups in total. The van der Waals surface area contributed by atoms with Crippen molar-refractivity contribution in [2.45, 2.75) is 12.4 Å². The highest BCUT2D eigenvalue weighted by atomic mass is 32.2. The predicted octanol–water partition coefficient (Wildman–Crippen LogP) is 0.769. The lowest BCUT2D eigenvalue weighted by Crippen LogP contribution is -2.30. The van der Waals surface area contributed by atoms with Crippen LogP contribution < -0.4 is 5.73 Å². The van der Waals surface area contributed by atoms with Gasteiger partial charge < -0.3 is 10.6 Å². The maximum Gasteiger partial charge on any atom is 0.129 e. The van der Waals surface area contributed by atoms with Crippen LogP contribution in [0.25, 0.3) is 0 Å². The Bertz CT molecular complexity index is 122. The van der Waals surface area contributed by atoms with Crippen LogP contribution in [0, 0.1) is 0 Å². The van der Waals surface area contributed by atoms with Crippen LogP contribution in [0.1, 0.15) is 6.92 Å². The molecule has 0 bridgehead atoms. The normalized spacial score (nSPS) is 28.6. The molecule has 1 heterocycles. The molecular weight excluding hydrogens is 120 g/mol. The Labute approximate surface area is 53.7 Å². The summed E-state index contributed by atoms with van der Waals surface area (Å²) in [6.07, 6.45) is 0. The predicted molar refractivity (Wildman–Crippen MR) is 37.1 cm³/mol. The Morgan fingerprint density at radius 1 is 1.88 bits per heavy atom. The number of thioether (sulfide) groups is 1. The van der Waals surface area contributed by atoms with Crippen LogP contribution in [0.5, 0.6) is 0 Å². The molecule has 0 aliphatic carbocycles. The van der Waals surface area contributed by atoms with Crippen molar-refractivity contribution in [1.29, 1.82) is 0 Å². The quantitative estimate of drug-likeness (QED) is 0.525. The first-order valence-electron chi connectivity index (χ1n) is 2.52. The van der Waals surface area contributed by atoms with E-state index in [2.05, 4.69) is 12.3 Å². The van der Waals surface area contributed by atoms with Gasteiger partial charge in [0, 0.05) is 12.7 Å². The molecule has 0 saturated heterocycles. The Hall–Kier alpha value is -0.150. The molecule has 1 aliphatic rings. The van der Waals surface area contributed by atoms with E-state index in [0.717, 1.165) is 0 Å². The monoisotopic (exact) mass is 130 g/mol. The fourth-order valence-electron chi connectivity index (χ4n) is 0.543. The third kappa shape index (κ3) is 0.833. The first kappa shape index (κ1) is 5.98. The topological polar surface area (TPSA) is 29.3 Å². The van der Waals surface area contributed by atoms with Crippen molar-refractivity contribution in [3.05, 3.63) is 11.1 Å². The van der Waals surface area contributed by atoms with Gasteiger partial charge in [-0.15, -0.1) is 0 Å². The van der Waals surface area contributed by atoms with Crippen molar-refractivity contribution < 1.29 is 0 Å². The van der Waals surface area contributed by atoms with Gasteiger partial charge in [0.15, 0.2) is 0 Å². The Morgan fingerprint density at radius 2 is 2.50 bits per heavy atom. The summed E-state index contributed by atoms with van der Waals surface area (Å²) in [7, 11) is 2.00. The van der Waals surface area contributed by atoms with E-state index in [9.17, 15) is 0 Å². The van der Waals surface area contributed by atoms with E-state index >= 15 is 0 Å². The van der Waals surface area contributed by atoms with Crippen LogP contribution in [0.2, 0.25) is 0 Å². The van der Waals surface area contributed by atoms with Crippen LogP contribution >= 0.6 is 11.8 Å². The minimum Gasteiger partial charge on any atom is -0.354 e. The van der Waals surface area contributed by atoms with Gasteiger partial charge >= 0.3 is 0 Å². The minimum atomic E-state index is 0.148. The highest BCUT2D eigenvalue weighted by Gasteiger charge is 2.14. The Balaban J connectivity index is 2.59. The maximum atomic E-state index is 5.61. The number of allylic oxidation sites excluding steroid dienone is 1. The number of hydrogen-bond acceptors (Lipinski definition) is 3. The number of nitrogens with two attached hydrogens (primary N) is 1. The van der Waals surface area contributed by atoms with Crippen molar-refractivity contribution in [1.82, 2.24) is 4.90 Å². The molecule has 0 radical (unpaired) electrons. The molecule has 3 heteroatoms. The van der Waals surface area contributed by atoms with Crippen molar-refractivity contribution in [2.75, 3.05) is 7.05 Å². The molecule has 0 saturated carbocycles. The molecule has 1 rings (SSSR count). The number of nitrogens with zero attached hydrogens (tertiary/aromatic N) is 1. The molecule has 2 nitrogen and oxygen atoms in total. The smallest absolute Gasteiger partial charge is 0.129 e. The lowest BCUT2D eigenvalue weighted by molar-refractivity contribution is 0.411. The molecule has 0 fully saturated rings. The van der Waals surface area contributed by atoms with Gasteiger partial charge in [0.25, 0.3) is 0 Å². The van der Waals surface area contributed by atoms with Crippen LogP contribution in [-0.4, -0.2) is 17.4 Å². The molecule has 1 unspecified atom stereocenters. The zero-order valence-electron chi connectivity index (χ0n) is 5.09. The fourth-order valence-corrected chi connectivity index (χ4v) is 1.39. The maximum absolute atomic E-state index is 5.61. The fraction of sp³-hybridized carbons (Fsp3) is 0.600. The Kier molecular flexibility index (Phi) is 1.49. The summed E-state index contributed by atoms with van der Waals surface area (Å²) in [6.45, 7) is 2.06. The van der Waals surface area contributed by atoms with E-state index in [-0.39, 0.29) is 5.50 Å². The van der Waals surface area contributed by atoms with E-state index < -0.39 is 0 Å². The highest BCUT2D eigenvalue weighted by Crippen LogP contribution is 2.24. The second-order valence-corrected chi connectivity index (χ2v) is 2.89. The summed E-state index contributed by atoms with van der Waals surface area (Å²) >= 11 is 1.66. The molecule has 1 atom stereocenters. The lowest BCUT2D eigenvalue weighted by atomic mass is 10.5. The van der Waals surface area contributed by atoms with E-state index in [1.54, 1.807) is 11.8 Å². The van der Waals surface area contributed by atoms with E-state index in [0.29, 0.717) is 0 Å². The summed E-state index contributed by atoms with van der Waals surface area (Å²) in [4.78, 5) is 2.05. The van der Waals surface area contributed by atoms with Gasteiger partial charge in [0.2, 0.25) is 0 Å². The van der Waals surface area contributed by atoms with Gasteiger partial charge in [-0.1, -0.05) is 11.8 Å². The van der Waals surface area contributed by atoms with E-state index in [1.807, 2.05) is 11.9 Å². The molecular formula is C5H10N2S. The molecule has 0 aromatic carbocycles. The molecule has 0 spiro atoms. The summed E-state index contributed by atoms with van der Waals surface area (Å²) in [5.74, 6) is 0. The highest BCUT2D eigenvalue weighted by molar-refractivity contribution is 8.02. The largest absolute Gasteiger partial charge is 0.354 e. The summed E-state index contributed by atoms with van der Waals surface area (Å²) < 4.78 is 0. The summed E-state index contributed by atoms with van der Waals surface area (Å²) in [5, 5.41) is 2.07. The second-order valence-electron chi connectivity index (χ2n) is 1.90. The molecule has 0 aromatic heterocycles. The van der Waals surface area contributed by atoms with E-state index in [4.69, 9.17) is 5.73 Å². The summed E-state index contributed by atoms with van der Waals surface area (Å²) in [5.41, 5.74) is 7.01. The second kappa shape index (κ2) is 1.99. The molecule has 0 amide bonds. The third-order valence-electron chi connectivity index (χ3n) is 1.32. The standard InChI is InChI=1S/C5H10N2S/c1-4-3-8-5(6)7(4)2/h3,5H,6H2,1-2H3. The summed E-state index contributed by atoms with van der Waals surface area (Å²) in [6, 6.07) is 0. The zero-order chi connectivity index (χ0) is 6.15. The third-order valence-corrected chi connectivity index (χ3v) is 2.39. The van der Waals surface area contributed by atoms with Crippen molar-refractivity contribution in [3.63, 3.8) is 0 Å². The zero-order valence-corrected chi connectivity index (χ0v) is 5.90. The average molecular weight is 130 g/mol.